The molecule has 0 aliphatic heterocycles. The predicted octanol–water partition coefficient (Wildman–Crippen LogP) is 1.17. The zero-order chi connectivity index (χ0) is 11.1. The standard InChI is InChI=1S/C5H9N3O.C4H5N2.CH4.Y/c1-5-3-8(4-9-2)7-6-5;1-4-2-5-3-6-4;;/h3H,4H2,1-2H3;2-3H,1H3;1H4;/q;-1;;. The fourth-order valence-electron chi connectivity index (χ4n) is 0.890. The first-order valence-electron chi connectivity index (χ1n) is 4.47. The van der Waals surface area contributed by atoms with Crippen LogP contribution < -0.4 is 4.98 Å². The summed E-state index contributed by atoms with van der Waals surface area (Å²) in [5.74, 6) is 0. The van der Waals surface area contributed by atoms with Crippen LogP contribution >= 0.6 is 0 Å². The number of hydrogen-bond donors (Lipinski definition) is 0. The van der Waals surface area contributed by atoms with Gasteiger partial charge in [-0.2, -0.15) is 0 Å². The Bertz CT molecular complexity index is 374. The van der Waals surface area contributed by atoms with Gasteiger partial charge in [-0.1, -0.05) is 30.9 Å². The van der Waals surface area contributed by atoms with Gasteiger partial charge in [-0.25, -0.2) is 4.68 Å². The van der Waals surface area contributed by atoms with Crippen LogP contribution in [0.1, 0.15) is 18.8 Å². The van der Waals surface area contributed by atoms with Crippen LogP contribution in [-0.2, 0) is 44.2 Å². The van der Waals surface area contributed by atoms with Crippen molar-refractivity contribution in [2.75, 3.05) is 7.11 Å². The monoisotopic (exact) mass is 313 g/mol. The fourth-order valence-corrected chi connectivity index (χ4v) is 0.890. The molecule has 2 aromatic heterocycles. The molecule has 0 saturated carbocycles. The van der Waals surface area contributed by atoms with Crippen LogP contribution in [0, 0.1) is 13.8 Å². The number of methoxy groups -OCH3 is 1. The second-order valence-electron chi connectivity index (χ2n) is 2.98. The van der Waals surface area contributed by atoms with Gasteiger partial charge in [0.1, 0.15) is 6.73 Å². The van der Waals surface area contributed by atoms with E-state index < -0.39 is 0 Å². The van der Waals surface area contributed by atoms with Crippen LogP contribution in [0.2, 0.25) is 0 Å². The minimum Gasteiger partial charge on any atom is -0.450 e. The molecule has 0 aliphatic rings. The second-order valence-corrected chi connectivity index (χ2v) is 2.98. The molecule has 2 rings (SSSR count). The Hall–Kier alpha value is -0.586. The van der Waals surface area contributed by atoms with Gasteiger partial charge in [0.15, 0.2) is 0 Å². The molecule has 2 aromatic rings. The van der Waals surface area contributed by atoms with E-state index in [1.165, 1.54) is 6.33 Å². The first-order valence-corrected chi connectivity index (χ1v) is 4.47. The zero-order valence-corrected chi connectivity index (χ0v) is 12.5. The smallest absolute Gasteiger partial charge is 0.140 e. The normalized spacial score (nSPS) is 8.41. The zero-order valence-electron chi connectivity index (χ0n) is 9.66. The minimum atomic E-state index is 0. The van der Waals surface area contributed by atoms with E-state index in [4.69, 9.17) is 4.74 Å². The van der Waals surface area contributed by atoms with Crippen molar-refractivity contribution in [1.82, 2.24) is 25.0 Å². The molecule has 0 atom stereocenters. The molecule has 0 amide bonds. The van der Waals surface area contributed by atoms with Crippen molar-refractivity contribution in [3.8, 4) is 0 Å². The van der Waals surface area contributed by atoms with Crippen LogP contribution in [0.15, 0.2) is 18.7 Å². The summed E-state index contributed by atoms with van der Waals surface area (Å²) in [6.45, 7) is 4.27. The third-order valence-electron chi connectivity index (χ3n) is 1.50. The molecule has 0 spiro atoms. The third-order valence-corrected chi connectivity index (χ3v) is 1.50. The molecule has 17 heavy (non-hydrogen) atoms. The van der Waals surface area contributed by atoms with Crippen LogP contribution in [0.3, 0.4) is 0 Å². The van der Waals surface area contributed by atoms with E-state index in [1.807, 2.05) is 20.0 Å². The molecular formula is C10H18N5OY-. The van der Waals surface area contributed by atoms with Gasteiger partial charge in [0.05, 0.1) is 11.9 Å². The average molecular weight is 313 g/mol. The van der Waals surface area contributed by atoms with Crippen molar-refractivity contribution in [3.63, 3.8) is 0 Å². The summed E-state index contributed by atoms with van der Waals surface area (Å²) >= 11 is 0. The van der Waals surface area contributed by atoms with Crippen molar-refractivity contribution in [3.05, 3.63) is 30.1 Å². The van der Waals surface area contributed by atoms with E-state index in [2.05, 4.69) is 20.3 Å². The second kappa shape index (κ2) is 10.6. The van der Waals surface area contributed by atoms with Gasteiger partial charge in [-0.3, -0.25) is 0 Å². The van der Waals surface area contributed by atoms with Crippen LogP contribution in [0.25, 0.3) is 0 Å². The largest absolute Gasteiger partial charge is 0.450 e. The van der Waals surface area contributed by atoms with Crippen molar-refractivity contribution in [1.29, 1.82) is 0 Å². The van der Waals surface area contributed by atoms with E-state index in [1.54, 1.807) is 18.0 Å². The molecule has 0 bridgehead atoms. The summed E-state index contributed by atoms with van der Waals surface area (Å²) in [5.41, 5.74) is 1.89. The van der Waals surface area contributed by atoms with E-state index in [0.29, 0.717) is 6.73 Å². The molecule has 0 saturated heterocycles. The molecule has 6 nitrogen and oxygen atoms in total. The SMILES string of the molecule is C.COCn1cc(C)nn1.Cc1c[n-]cn1.[Y]. The molecule has 0 N–H and O–H groups in total. The Morgan fingerprint density at radius 1 is 1.35 bits per heavy atom. The average Bonchev–Trinajstić information content (AvgIpc) is 2.80. The molecule has 2 heterocycles. The molecule has 93 valence electrons. The first kappa shape index (κ1) is 18.8. The van der Waals surface area contributed by atoms with E-state index in [-0.39, 0.29) is 40.1 Å². The number of hydrogen-bond acceptors (Lipinski definition) is 4. The number of aromatic nitrogens is 5. The van der Waals surface area contributed by atoms with Gasteiger partial charge in [0.2, 0.25) is 0 Å². The molecule has 7 heteroatoms. The summed E-state index contributed by atoms with van der Waals surface area (Å²) in [6, 6.07) is 0. The Morgan fingerprint density at radius 3 is 2.35 bits per heavy atom. The third kappa shape index (κ3) is 8.18. The Labute approximate surface area is 127 Å². The Morgan fingerprint density at radius 2 is 2.06 bits per heavy atom. The number of imidazole rings is 1. The van der Waals surface area contributed by atoms with Crippen LogP contribution in [0.5, 0.6) is 0 Å². The summed E-state index contributed by atoms with van der Waals surface area (Å²) in [4.78, 5) is 7.52. The topological polar surface area (TPSA) is 66.9 Å². The summed E-state index contributed by atoms with van der Waals surface area (Å²) in [6.07, 6.45) is 5.08. The molecule has 0 unspecified atom stereocenters. The first-order chi connectivity index (χ1) is 7.22. The van der Waals surface area contributed by atoms with Gasteiger partial charge in [-0.15, -0.1) is 5.10 Å². The molecule has 1 radical (unpaired) electrons. The number of aryl methyl sites for hydroxylation is 2. The Kier molecular flexibility index (Phi) is 11.7. The van der Waals surface area contributed by atoms with Gasteiger partial charge in [0, 0.05) is 39.8 Å². The van der Waals surface area contributed by atoms with E-state index >= 15 is 0 Å². The number of nitrogens with zero attached hydrogens (tertiary/aromatic N) is 5. The van der Waals surface area contributed by atoms with E-state index in [0.717, 1.165) is 11.4 Å². The van der Waals surface area contributed by atoms with Gasteiger partial charge >= 0.3 is 0 Å². The van der Waals surface area contributed by atoms with E-state index in [9.17, 15) is 0 Å². The predicted molar refractivity (Wildman–Crippen MR) is 60.8 cm³/mol. The Balaban J connectivity index is 0. The van der Waals surface area contributed by atoms with Gasteiger partial charge < -0.3 is 14.7 Å². The number of rotatable bonds is 2. The number of ether oxygens (including phenoxy) is 1. The molecule has 0 fully saturated rings. The maximum absolute atomic E-state index is 4.80. The maximum Gasteiger partial charge on any atom is 0.140 e. The van der Waals surface area contributed by atoms with Crippen molar-refractivity contribution >= 4 is 0 Å². The van der Waals surface area contributed by atoms with Gasteiger partial charge in [-0.05, 0) is 13.8 Å². The quantitative estimate of drug-likeness (QED) is 0.832. The summed E-state index contributed by atoms with van der Waals surface area (Å²) in [7, 11) is 1.62. The summed E-state index contributed by atoms with van der Waals surface area (Å²) < 4.78 is 6.44. The fraction of sp³-hybridized carbons (Fsp3) is 0.500. The van der Waals surface area contributed by atoms with Crippen LogP contribution in [-0.4, -0.2) is 27.1 Å². The molecular weight excluding hydrogens is 295 g/mol. The van der Waals surface area contributed by atoms with Crippen molar-refractivity contribution in [2.24, 2.45) is 0 Å². The minimum absolute atomic E-state index is 0. The van der Waals surface area contributed by atoms with Crippen LogP contribution in [0.4, 0.5) is 0 Å². The molecule has 0 aliphatic carbocycles. The van der Waals surface area contributed by atoms with Crippen molar-refractivity contribution < 1.29 is 37.4 Å². The van der Waals surface area contributed by atoms with Gasteiger partial charge in [0.25, 0.3) is 0 Å². The van der Waals surface area contributed by atoms with Crippen molar-refractivity contribution in [2.45, 2.75) is 28.0 Å². The maximum atomic E-state index is 4.80. The molecule has 0 aromatic carbocycles. The summed E-state index contributed by atoms with van der Waals surface area (Å²) in [5, 5.41) is 7.52.